The van der Waals surface area contributed by atoms with E-state index in [4.69, 9.17) is 16.3 Å². The summed E-state index contributed by atoms with van der Waals surface area (Å²) in [5.41, 5.74) is 2.56. The maximum absolute atomic E-state index is 9.46. The Morgan fingerprint density at radius 3 is 2.55 bits per heavy atom. The number of benzene rings is 1. The smallest absolute Gasteiger partial charge is 0.131 e. The van der Waals surface area contributed by atoms with Crippen LogP contribution in [-0.4, -0.2) is 14.9 Å². The molecule has 1 aromatic carbocycles. The Bertz CT molecular complexity index is 576. The van der Waals surface area contributed by atoms with Crippen LogP contribution in [0.1, 0.15) is 36.9 Å². The summed E-state index contributed by atoms with van der Waals surface area (Å²) < 4.78 is 7.59. The zero-order chi connectivity index (χ0) is 14.7. The van der Waals surface area contributed by atoms with Crippen LogP contribution in [0, 0.1) is 6.92 Å². The van der Waals surface area contributed by atoms with Crippen LogP contribution < -0.4 is 4.74 Å². The molecule has 0 bridgehead atoms. The van der Waals surface area contributed by atoms with Crippen molar-refractivity contribution in [3.8, 4) is 5.75 Å². The molecule has 0 amide bonds. The molecule has 2 rings (SSSR count). The first-order valence-electron chi connectivity index (χ1n) is 6.65. The first kappa shape index (κ1) is 14.9. The topological polar surface area (TPSA) is 47.3 Å². The average Bonchev–Trinajstić information content (AvgIpc) is 2.72. The minimum atomic E-state index is -0.470. The van der Waals surface area contributed by atoms with E-state index < -0.39 is 6.10 Å². The lowest BCUT2D eigenvalue weighted by Crippen LogP contribution is -2.06. The third-order valence-corrected chi connectivity index (χ3v) is 3.68. The van der Waals surface area contributed by atoms with Gasteiger partial charge in [0.05, 0.1) is 22.5 Å². The fraction of sp³-hybridized carbons (Fsp3) is 0.400. The largest absolute Gasteiger partial charge is 0.487 e. The van der Waals surface area contributed by atoms with Crippen LogP contribution >= 0.6 is 11.6 Å². The summed E-state index contributed by atoms with van der Waals surface area (Å²) >= 11 is 6.23. The summed E-state index contributed by atoms with van der Waals surface area (Å²) in [5, 5.41) is 14.5. The van der Waals surface area contributed by atoms with Gasteiger partial charge in [-0.15, -0.1) is 0 Å². The molecular weight excluding hydrogens is 276 g/mol. The second-order valence-electron chi connectivity index (χ2n) is 4.70. The summed E-state index contributed by atoms with van der Waals surface area (Å²) in [4.78, 5) is 0. The van der Waals surface area contributed by atoms with Gasteiger partial charge in [-0.1, -0.05) is 23.7 Å². The van der Waals surface area contributed by atoms with Crippen LogP contribution in [-0.2, 0) is 13.2 Å². The van der Waals surface area contributed by atoms with Gasteiger partial charge in [0, 0.05) is 6.54 Å². The maximum Gasteiger partial charge on any atom is 0.131 e. The van der Waals surface area contributed by atoms with Gasteiger partial charge in [0.15, 0.2) is 0 Å². The van der Waals surface area contributed by atoms with E-state index >= 15 is 0 Å². The van der Waals surface area contributed by atoms with Crippen molar-refractivity contribution < 1.29 is 9.84 Å². The molecule has 108 valence electrons. The van der Waals surface area contributed by atoms with Gasteiger partial charge in [-0.2, -0.15) is 5.10 Å². The zero-order valence-corrected chi connectivity index (χ0v) is 12.7. The fourth-order valence-electron chi connectivity index (χ4n) is 2.00. The van der Waals surface area contributed by atoms with Crippen molar-refractivity contribution in [1.29, 1.82) is 0 Å². The van der Waals surface area contributed by atoms with Gasteiger partial charge < -0.3 is 9.84 Å². The van der Waals surface area contributed by atoms with E-state index in [0.717, 1.165) is 29.2 Å². The van der Waals surface area contributed by atoms with Crippen molar-refractivity contribution in [2.75, 3.05) is 0 Å². The summed E-state index contributed by atoms with van der Waals surface area (Å²) in [6.45, 7) is 6.77. The van der Waals surface area contributed by atoms with E-state index in [1.54, 1.807) is 6.92 Å². The van der Waals surface area contributed by atoms with Gasteiger partial charge in [0.1, 0.15) is 12.4 Å². The Morgan fingerprint density at radius 2 is 2.00 bits per heavy atom. The van der Waals surface area contributed by atoms with Crippen molar-refractivity contribution in [3.63, 3.8) is 0 Å². The second kappa shape index (κ2) is 6.29. The molecule has 4 nitrogen and oxygen atoms in total. The predicted octanol–water partition coefficient (Wildman–Crippen LogP) is 3.50. The molecule has 0 radical (unpaired) electrons. The van der Waals surface area contributed by atoms with E-state index in [-0.39, 0.29) is 0 Å². The van der Waals surface area contributed by atoms with Crippen molar-refractivity contribution in [2.24, 2.45) is 0 Å². The highest BCUT2D eigenvalue weighted by molar-refractivity contribution is 6.31. The lowest BCUT2D eigenvalue weighted by atomic mass is 10.1. The molecule has 0 aliphatic rings. The molecule has 1 N–H and O–H groups in total. The molecule has 1 aromatic heterocycles. The quantitative estimate of drug-likeness (QED) is 0.918. The van der Waals surface area contributed by atoms with Crippen LogP contribution in [0.4, 0.5) is 0 Å². The number of aryl methyl sites for hydroxylation is 2. The number of aromatic nitrogens is 2. The maximum atomic E-state index is 9.46. The van der Waals surface area contributed by atoms with Gasteiger partial charge in [-0.3, -0.25) is 4.68 Å². The number of hydrogen-bond donors (Lipinski definition) is 1. The number of aliphatic hydroxyl groups is 1. The summed E-state index contributed by atoms with van der Waals surface area (Å²) in [6, 6.07) is 7.39. The minimum Gasteiger partial charge on any atom is -0.487 e. The number of nitrogens with zero attached hydrogens (tertiary/aromatic N) is 2. The highest BCUT2D eigenvalue weighted by Crippen LogP contribution is 2.23. The average molecular weight is 295 g/mol. The SMILES string of the molecule is CCn1nc(C)c(Cl)c1COc1ccc(C(C)O)cc1. The summed E-state index contributed by atoms with van der Waals surface area (Å²) in [6.07, 6.45) is -0.470. The summed E-state index contributed by atoms with van der Waals surface area (Å²) in [7, 11) is 0. The van der Waals surface area contributed by atoms with Crippen LogP contribution in [0.25, 0.3) is 0 Å². The number of aliphatic hydroxyl groups excluding tert-OH is 1. The molecular formula is C15H19ClN2O2. The van der Waals surface area contributed by atoms with E-state index in [1.165, 1.54) is 0 Å². The normalized spacial score (nSPS) is 12.4. The van der Waals surface area contributed by atoms with E-state index in [2.05, 4.69) is 5.10 Å². The van der Waals surface area contributed by atoms with Gasteiger partial charge >= 0.3 is 0 Å². The molecule has 0 saturated carbocycles. The van der Waals surface area contributed by atoms with Gasteiger partial charge in [0.25, 0.3) is 0 Å². The van der Waals surface area contributed by atoms with Crippen LogP contribution in [0.3, 0.4) is 0 Å². The third kappa shape index (κ3) is 3.14. The summed E-state index contributed by atoms with van der Waals surface area (Å²) in [5.74, 6) is 0.743. The Balaban J connectivity index is 2.09. The van der Waals surface area contributed by atoms with Gasteiger partial charge in [-0.05, 0) is 38.5 Å². The van der Waals surface area contributed by atoms with E-state index in [1.807, 2.05) is 42.8 Å². The Hall–Kier alpha value is -1.52. The Morgan fingerprint density at radius 1 is 1.35 bits per heavy atom. The zero-order valence-electron chi connectivity index (χ0n) is 11.9. The molecule has 0 aliphatic carbocycles. The first-order valence-corrected chi connectivity index (χ1v) is 7.03. The molecule has 0 spiro atoms. The van der Waals surface area contributed by atoms with Crippen LogP contribution in [0.5, 0.6) is 5.75 Å². The first-order chi connectivity index (χ1) is 9.52. The van der Waals surface area contributed by atoms with E-state index in [0.29, 0.717) is 11.6 Å². The molecule has 1 atom stereocenters. The Kier molecular flexibility index (Phi) is 4.68. The molecule has 2 aromatic rings. The highest BCUT2D eigenvalue weighted by atomic mass is 35.5. The predicted molar refractivity (Wildman–Crippen MR) is 79.1 cm³/mol. The Labute approximate surface area is 123 Å². The van der Waals surface area contributed by atoms with Gasteiger partial charge in [0.2, 0.25) is 0 Å². The molecule has 1 heterocycles. The van der Waals surface area contributed by atoms with Crippen molar-refractivity contribution in [2.45, 2.75) is 40.0 Å². The highest BCUT2D eigenvalue weighted by Gasteiger charge is 2.13. The number of hydrogen-bond acceptors (Lipinski definition) is 3. The third-order valence-electron chi connectivity index (χ3n) is 3.19. The lowest BCUT2D eigenvalue weighted by molar-refractivity contribution is 0.199. The number of rotatable bonds is 5. The molecule has 0 saturated heterocycles. The van der Waals surface area contributed by atoms with Crippen LogP contribution in [0.2, 0.25) is 5.02 Å². The molecule has 20 heavy (non-hydrogen) atoms. The monoisotopic (exact) mass is 294 g/mol. The molecule has 0 aliphatic heterocycles. The molecule has 1 unspecified atom stereocenters. The standard InChI is InChI=1S/C15H19ClN2O2/c1-4-18-14(15(16)10(2)17-18)9-20-13-7-5-12(6-8-13)11(3)19/h5-8,11,19H,4,9H2,1-3H3. The number of ether oxygens (including phenoxy) is 1. The lowest BCUT2D eigenvalue weighted by Gasteiger charge is -2.10. The second-order valence-corrected chi connectivity index (χ2v) is 5.07. The van der Waals surface area contributed by atoms with Gasteiger partial charge in [-0.25, -0.2) is 0 Å². The minimum absolute atomic E-state index is 0.377. The molecule has 5 heteroatoms. The van der Waals surface area contributed by atoms with Crippen molar-refractivity contribution in [3.05, 3.63) is 46.2 Å². The van der Waals surface area contributed by atoms with E-state index in [9.17, 15) is 5.11 Å². The van der Waals surface area contributed by atoms with Crippen molar-refractivity contribution in [1.82, 2.24) is 9.78 Å². The van der Waals surface area contributed by atoms with Crippen LogP contribution in [0.15, 0.2) is 24.3 Å². The number of halogens is 1. The molecule has 0 fully saturated rings. The fourth-order valence-corrected chi connectivity index (χ4v) is 2.19. The van der Waals surface area contributed by atoms with Crippen molar-refractivity contribution >= 4 is 11.6 Å².